The molecule has 2 aromatic rings. The van der Waals surface area contributed by atoms with Gasteiger partial charge >= 0.3 is 0 Å². The Morgan fingerprint density at radius 1 is 1.14 bits per heavy atom. The van der Waals surface area contributed by atoms with Crippen molar-refractivity contribution in [2.45, 2.75) is 58.3 Å². The Balaban J connectivity index is 1.51. The molecule has 1 aliphatic carbocycles. The molecule has 5 nitrogen and oxygen atoms in total. The Morgan fingerprint density at radius 2 is 1.96 bits per heavy atom. The van der Waals surface area contributed by atoms with E-state index in [0.717, 1.165) is 67.2 Å². The van der Waals surface area contributed by atoms with Gasteiger partial charge in [0.15, 0.2) is 0 Å². The third kappa shape index (κ3) is 4.18. The summed E-state index contributed by atoms with van der Waals surface area (Å²) in [5.74, 6) is 1.82. The van der Waals surface area contributed by atoms with E-state index in [0.29, 0.717) is 11.8 Å². The van der Waals surface area contributed by atoms with Gasteiger partial charge in [0.2, 0.25) is 5.91 Å². The molecule has 1 unspecified atom stereocenters. The zero-order chi connectivity index (χ0) is 19.5. The van der Waals surface area contributed by atoms with Crippen molar-refractivity contribution in [1.29, 1.82) is 0 Å². The molecule has 1 saturated heterocycles. The first kappa shape index (κ1) is 18.9. The lowest BCUT2D eigenvalue weighted by atomic mass is 9.92. The minimum Gasteiger partial charge on any atom is -0.342 e. The highest BCUT2D eigenvalue weighted by molar-refractivity contribution is 5.79. The van der Waals surface area contributed by atoms with E-state index in [9.17, 15) is 4.79 Å². The number of likely N-dealkylation sites (tertiary alicyclic amines) is 1. The van der Waals surface area contributed by atoms with Gasteiger partial charge in [-0.15, -0.1) is 0 Å². The maximum Gasteiger partial charge on any atom is 0.225 e. The van der Waals surface area contributed by atoms with Crippen LogP contribution in [0.15, 0.2) is 30.5 Å². The van der Waals surface area contributed by atoms with Crippen LogP contribution in [0.25, 0.3) is 0 Å². The number of nitrogens with one attached hydrogen (secondary N) is 1. The minimum absolute atomic E-state index is 0.258. The molecule has 0 spiro atoms. The number of hydrogen-bond donors (Lipinski definition) is 1. The summed E-state index contributed by atoms with van der Waals surface area (Å²) in [4.78, 5) is 24.2. The average Bonchev–Trinajstić information content (AvgIpc) is 3.24. The lowest BCUT2D eigenvalue weighted by molar-refractivity contribution is -0.136. The Kier molecular flexibility index (Phi) is 5.60. The van der Waals surface area contributed by atoms with E-state index in [-0.39, 0.29) is 5.92 Å². The Hall–Kier alpha value is -2.43. The topological polar surface area (TPSA) is 58.1 Å². The summed E-state index contributed by atoms with van der Waals surface area (Å²) in [6.45, 7) is 5.78. The van der Waals surface area contributed by atoms with Gasteiger partial charge in [-0.05, 0) is 63.3 Å². The van der Waals surface area contributed by atoms with Gasteiger partial charge in [0, 0.05) is 48.2 Å². The zero-order valence-electron chi connectivity index (χ0n) is 16.9. The normalized spacial score (nSPS) is 20.4. The van der Waals surface area contributed by atoms with Gasteiger partial charge in [-0.1, -0.05) is 18.9 Å². The van der Waals surface area contributed by atoms with Crippen molar-refractivity contribution in [2.24, 2.45) is 5.92 Å². The fourth-order valence-electron chi connectivity index (χ4n) is 4.58. The molecule has 1 saturated carbocycles. The number of amides is 1. The van der Waals surface area contributed by atoms with E-state index in [2.05, 4.69) is 40.3 Å². The van der Waals surface area contributed by atoms with Crippen LogP contribution in [0.3, 0.4) is 0 Å². The molecule has 2 fully saturated rings. The highest BCUT2D eigenvalue weighted by Crippen LogP contribution is 2.32. The smallest absolute Gasteiger partial charge is 0.225 e. The van der Waals surface area contributed by atoms with Crippen LogP contribution in [0.1, 0.15) is 61.4 Å². The Labute approximate surface area is 167 Å². The second-order valence-electron chi connectivity index (χ2n) is 8.32. The fourth-order valence-corrected chi connectivity index (χ4v) is 4.58. The first-order valence-corrected chi connectivity index (χ1v) is 10.6. The lowest BCUT2D eigenvalue weighted by Crippen LogP contribution is -2.42. The lowest BCUT2D eigenvalue weighted by Gasteiger charge is -2.34. The number of hydrogen-bond acceptors (Lipinski definition) is 4. The standard InChI is InChI=1S/C23H30N4O/c1-16-7-5-11-24-22(16)26-20-13-17(2)25-21(14-20)19-10-6-12-27(15-19)23(28)18-8-3-4-9-18/h5,7,11,13-14,18-19H,3-4,6,8-10,12,15H2,1-2H3,(H,24,25,26). The molecule has 5 heteroatoms. The summed E-state index contributed by atoms with van der Waals surface area (Å²) in [5.41, 5.74) is 4.21. The van der Waals surface area contributed by atoms with Crippen LogP contribution in [-0.2, 0) is 4.79 Å². The van der Waals surface area contributed by atoms with E-state index >= 15 is 0 Å². The number of nitrogens with zero attached hydrogens (tertiary/aromatic N) is 3. The van der Waals surface area contributed by atoms with Crippen LogP contribution in [0.2, 0.25) is 0 Å². The number of aryl methyl sites for hydroxylation is 2. The third-order valence-electron chi connectivity index (χ3n) is 6.10. The van der Waals surface area contributed by atoms with Crippen LogP contribution >= 0.6 is 0 Å². The summed E-state index contributed by atoms with van der Waals surface area (Å²) in [6, 6.07) is 8.19. The predicted molar refractivity (Wildman–Crippen MR) is 112 cm³/mol. The monoisotopic (exact) mass is 378 g/mol. The van der Waals surface area contributed by atoms with Crippen molar-refractivity contribution >= 4 is 17.4 Å². The van der Waals surface area contributed by atoms with Crippen LogP contribution in [0, 0.1) is 19.8 Å². The van der Waals surface area contributed by atoms with Crippen molar-refractivity contribution < 1.29 is 4.79 Å². The van der Waals surface area contributed by atoms with Crippen LogP contribution in [0.5, 0.6) is 0 Å². The quantitative estimate of drug-likeness (QED) is 0.835. The number of anilines is 2. The van der Waals surface area contributed by atoms with Crippen molar-refractivity contribution in [3.05, 3.63) is 47.4 Å². The van der Waals surface area contributed by atoms with Crippen molar-refractivity contribution in [3.63, 3.8) is 0 Å². The molecule has 0 radical (unpaired) electrons. The Morgan fingerprint density at radius 3 is 2.75 bits per heavy atom. The zero-order valence-corrected chi connectivity index (χ0v) is 16.9. The van der Waals surface area contributed by atoms with Crippen molar-refractivity contribution in [3.8, 4) is 0 Å². The number of rotatable bonds is 4. The van der Waals surface area contributed by atoms with Crippen LogP contribution in [-0.4, -0.2) is 33.9 Å². The van der Waals surface area contributed by atoms with Gasteiger partial charge in [-0.3, -0.25) is 9.78 Å². The average molecular weight is 379 g/mol. The van der Waals surface area contributed by atoms with Crippen LogP contribution < -0.4 is 5.32 Å². The molecule has 4 rings (SSSR count). The summed E-state index contributed by atoms with van der Waals surface area (Å²) < 4.78 is 0. The van der Waals surface area contributed by atoms with E-state index in [4.69, 9.17) is 4.98 Å². The number of carbonyl (C=O) groups is 1. The van der Waals surface area contributed by atoms with Gasteiger partial charge < -0.3 is 10.2 Å². The first-order chi connectivity index (χ1) is 13.6. The molecule has 0 bridgehead atoms. The summed E-state index contributed by atoms with van der Waals surface area (Å²) >= 11 is 0. The number of pyridine rings is 2. The molecular formula is C23H30N4O. The SMILES string of the molecule is Cc1cc(Nc2ncccc2C)cc(C2CCCN(C(=O)C3CCCC3)C2)n1. The highest BCUT2D eigenvalue weighted by Gasteiger charge is 2.31. The minimum atomic E-state index is 0.258. The van der Waals surface area contributed by atoms with E-state index in [1.807, 2.05) is 13.0 Å². The van der Waals surface area contributed by atoms with Gasteiger partial charge in [-0.25, -0.2) is 4.98 Å². The largest absolute Gasteiger partial charge is 0.342 e. The predicted octanol–water partition coefficient (Wildman–Crippen LogP) is 4.73. The van der Waals surface area contributed by atoms with Crippen molar-refractivity contribution in [2.75, 3.05) is 18.4 Å². The maximum atomic E-state index is 12.9. The molecule has 1 aliphatic heterocycles. The number of carbonyl (C=O) groups excluding carboxylic acids is 1. The summed E-state index contributed by atoms with van der Waals surface area (Å²) in [6.07, 6.45) is 8.50. The molecule has 1 amide bonds. The molecule has 3 heterocycles. The molecule has 2 aliphatic rings. The van der Waals surface area contributed by atoms with Gasteiger partial charge in [-0.2, -0.15) is 0 Å². The molecule has 0 aromatic carbocycles. The molecule has 28 heavy (non-hydrogen) atoms. The van der Waals surface area contributed by atoms with Gasteiger partial charge in [0.25, 0.3) is 0 Å². The highest BCUT2D eigenvalue weighted by atomic mass is 16.2. The second kappa shape index (κ2) is 8.29. The molecule has 1 N–H and O–H groups in total. The number of piperidine rings is 1. The van der Waals surface area contributed by atoms with Crippen LogP contribution in [0.4, 0.5) is 11.5 Å². The van der Waals surface area contributed by atoms with Crippen molar-refractivity contribution in [1.82, 2.24) is 14.9 Å². The molecule has 1 atom stereocenters. The van der Waals surface area contributed by atoms with E-state index in [1.54, 1.807) is 6.20 Å². The van der Waals surface area contributed by atoms with E-state index in [1.165, 1.54) is 12.8 Å². The first-order valence-electron chi connectivity index (χ1n) is 10.6. The van der Waals surface area contributed by atoms with Gasteiger partial charge in [0.05, 0.1) is 0 Å². The summed E-state index contributed by atoms with van der Waals surface area (Å²) in [7, 11) is 0. The fraction of sp³-hybridized carbons (Fsp3) is 0.522. The molecule has 2 aromatic heterocycles. The number of aromatic nitrogens is 2. The molecular weight excluding hydrogens is 348 g/mol. The summed E-state index contributed by atoms with van der Waals surface area (Å²) in [5, 5.41) is 3.44. The van der Waals surface area contributed by atoms with E-state index < -0.39 is 0 Å². The third-order valence-corrected chi connectivity index (χ3v) is 6.10. The molecule has 148 valence electrons. The Bertz CT molecular complexity index is 844. The van der Waals surface area contributed by atoms with Gasteiger partial charge in [0.1, 0.15) is 5.82 Å². The maximum absolute atomic E-state index is 12.9. The second-order valence-corrected chi connectivity index (χ2v) is 8.32.